The number of ether oxygens (including phenoxy) is 1. The fourth-order valence-electron chi connectivity index (χ4n) is 2.44. The van der Waals surface area contributed by atoms with Gasteiger partial charge in [0.1, 0.15) is 5.75 Å². The molecule has 0 radical (unpaired) electrons. The third kappa shape index (κ3) is 4.14. The van der Waals surface area contributed by atoms with Gasteiger partial charge in [0, 0.05) is 12.6 Å². The van der Waals surface area contributed by atoms with Gasteiger partial charge in [0.05, 0.1) is 24.9 Å². The molecule has 0 fully saturated rings. The van der Waals surface area contributed by atoms with Crippen LogP contribution in [0.4, 0.5) is 0 Å². The van der Waals surface area contributed by atoms with E-state index in [1.807, 2.05) is 26.0 Å². The molecule has 25 heavy (non-hydrogen) atoms. The minimum Gasteiger partial charge on any atom is -0.497 e. The summed E-state index contributed by atoms with van der Waals surface area (Å²) in [6.45, 7) is 5.56. The minimum atomic E-state index is -0.947. The summed E-state index contributed by atoms with van der Waals surface area (Å²) in [5.41, 5.74) is 1.57. The molecule has 1 amide bonds. The number of aromatic nitrogens is 3. The number of carbonyl (C=O) groups excluding carboxylic acids is 1. The molecule has 1 aromatic carbocycles. The van der Waals surface area contributed by atoms with Gasteiger partial charge in [-0.3, -0.25) is 9.59 Å². The fourth-order valence-corrected chi connectivity index (χ4v) is 2.44. The highest BCUT2D eigenvalue weighted by molar-refractivity contribution is 5.93. The van der Waals surface area contributed by atoms with Crippen LogP contribution in [0.25, 0.3) is 5.69 Å². The highest BCUT2D eigenvalue weighted by Gasteiger charge is 2.25. The van der Waals surface area contributed by atoms with Crippen LogP contribution in [-0.4, -0.2) is 56.6 Å². The van der Waals surface area contributed by atoms with E-state index >= 15 is 0 Å². The summed E-state index contributed by atoms with van der Waals surface area (Å²) in [5.74, 6) is -0.553. The number of hydrogen-bond donors (Lipinski definition) is 1. The molecular weight excluding hydrogens is 324 g/mol. The molecule has 0 aliphatic carbocycles. The molecule has 2 aromatic rings. The van der Waals surface area contributed by atoms with Crippen LogP contribution < -0.4 is 4.74 Å². The molecular formula is C17H22N4O4. The molecule has 134 valence electrons. The lowest BCUT2D eigenvalue weighted by atomic mass is 10.2. The van der Waals surface area contributed by atoms with Gasteiger partial charge in [-0.2, -0.15) is 0 Å². The van der Waals surface area contributed by atoms with E-state index in [9.17, 15) is 9.59 Å². The van der Waals surface area contributed by atoms with Crippen molar-refractivity contribution < 1.29 is 19.4 Å². The Hall–Kier alpha value is -2.90. The maximum atomic E-state index is 12.8. The van der Waals surface area contributed by atoms with Gasteiger partial charge < -0.3 is 14.7 Å². The van der Waals surface area contributed by atoms with Gasteiger partial charge in [0.25, 0.3) is 5.91 Å². The number of carboxylic acids is 1. The Labute approximate surface area is 146 Å². The van der Waals surface area contributed by atoms with E-state index in [0.29, 0.717) is 5.69 Å². The lowest BCUT2D eigenvalue weighted by Crippen LogP contribution is -2.39. The molecule has 0 aliphatic rings. The van der Waals surface area contributed by atoms with Crippen molar-refractivity contribution in [2.45, 2.75) is 33.2 Å². The number of aliphatic carboxylic acids is 1. The number of hydrogen-bond acceptors (Lipinski definition) is 5. The van der Waals surface area contributed by atoms with E-state index in [4.69, 9.17) is 9.84 Å². The van der Waals surface area contributed by atoms with Gasteiger partial charge in [-0.05, 0) is 45.0 Å². The van der Waals surface area contributed by atoms with Crippen molar-refractivity contribution in [1.82, 2.24) is 19.9 Å². The van der Waals surface area contributed by atoms with Gasteiger partial charge in [0.2, 0.25) is 0 Å². The van der Waals surface area contributed by atoms with Gasteiger partial charge >= 0.3 is 5.97 Å². The van der Waals surface area contributed by atoms with E-state index in [2.05, 4.69) is 10.3 Å². The number of methoxy groups -OCH3 is 1. The first-order valence-electron chi connectivity index (χ1n) is 7.94. The molecule has 0 saturated heterocycles. The van der Waals surface area contributed by atoms with Crippen LogP contribution in [0.15, 0.2) is 24.3 Å². The standard InChI is InChI=1S/C17H22N4O4/c1-11(2)20(10-9-15(22)23)17(24)16-12(3)21(19-18-16)13-5-7-14(25-4)8-6-13/h5-8,11H,9-10H2,1-4H3,(H,22,23). The van der Waals surface area contributed by atoms with E-state index in [1.54, 1.807) is 30.8 Å². The molecule has 0 atom stereocenters. The molecule has 8 heteroatoms. The van der Waals surface area contributed by atoms with Crippen molar-refractivity contribution in [3.63, 3.8) is 0 Å². The average Bonchev–Trinajstić information content (AvgIpc) is 2.96. The van der Waals surface area contributed by atoms with Gasteiger partial charge in [-0.15, -0.1) is 5.10 Å². The lowest BCUT2D eigenvalue weighted by molar-refractivity contribution is -0.137. The molecule has 1 N–H and O–H groups in total. The number of amides is 1. The third-order valence-corrected chi connectivity index (χ3v) is 3.86. The van der Waals surface area contributed by atoms with E-state index in [0.717, 1.165) is 11.4 Å². The molecule has 0 spiro atoms. The Morgan fingerprint density at radius 2 is 1.92 bits per heavy atom. The molecule has 1 heterocycles. The second-order valence-corrected chi connectivity index (χ2v) is 5.87. The predicted molar refractivity (Wildman–Crippen MR) is 91.1 cm³/mol. The predicted octanol–water partition coefficient (Wildman–Crippen LogP) is 1.91. The van der Waals surface area contributed by atoms with Crippen molar-refractivity contribution in [3.05, 3.63) is 35.7 Å². The highest BCUT2D eigenvalue weighted by atomic mass is 16.5. The Morgan fingerprint density at radius 3 is 2.44 bits per heavy atom. The SMILES string of the molecule is COc1ccc(-n2nnc(C(=O)N(CCC(=O)O)C(C)C)c2C)cc1. The minimum absolute atomic E-state index is 0.115. The number of carboxylic acid groups (broad SMARTS) is 1. The van der Waals surface area contributed by atoms with Crippen LogP contribution in [0, 0.1) is 6.92 Å². The van der Waals surface area contributed by atoms with Crippen molar-refractivity contribution in [3.8, 4) is 11.4 Å². The summed E-state index contributed by atoms with van der Waals surface area (Å²) in [6.07, 6.45) is -0.115. The van der Waals surface area contributed by atoms with E-state index in [-0.39, 0.29) is 30.6 Å². The second-order valence-electron chi connectivity index (χ2n) is 5.87. The van der Waals surface area contributed by atoms with Crippen molar-refractivity contribution in [1.29, 1.82) is 0 Å². The number of benzene rings is 1. The maximum absolute atomic E-state index is 12.8. The third-order valence-electron chi connectivity index (χ3n) is 3.86. The Balaban J connectivity index is 2.28. The summed E-state index contributed by atoms with van der Waals surface area (Å²) >= 11 is 0. The molecule has 0 saturated carbocycles. The first kappa shape index (κ1) is 18.4. The lowest BCUT2D eigenvalue weighted by Gasteiger charge is -2.25. The zero-order chi connectivity index (χ0) is 18.6. The smallest absolute Gasteiger partial charge is 0.305 e. The van der Waals surface area contributed by atoms with Crippen molar-refractivity contribution in [2.24, 2.45) is 0 Å². The molecule has 0 aliphatic heterocycles. The van der Waals surface area contributed by atoms with Crippen molar-refractivity contribution in [2.75, 3.05) is 13.7 Å². The summed E-state index contributed by atoms with van der Waals surface area (Å²) in [6, 6.07) is 7.09. The van der Waals surface area contributed by atoms with Crippen LogP contribution in [0.2, 0.25) is 0 Å². The fraction of sp³-hybridized carbons (Fsp3) is 0.412. The largest absolute Gasteiger partial charge is 0.497 e. The summed E-state index contributed by atoms with van der Waals surface area (Å²) in [4.78, 5) is 25.1. The van der Waals surface area contributed by atoms with Crippen LogP contribution in [0.3, 0.4) is 0 Å². The Morgan fingerprint density at radius 1 is 1.28 bits per heavy atom. The average molecular weight is 346 g/mol. The summed E-state index contributed by atoms with van der Waals surface area (Å²) in [7, 11) is 1.59. The molecule has 8 nitrogen and oxygen atoms in total. The highest BCUT2D eigenvalue weighted by Crippen LogP contribution is 2.18. The maximum Gasteiger partial charge on any atom is 0.305 e. The van der Waals surface area contributed by atoms with Gasteiger partial charge in [-0.1, -0.05) is 5.21 Å². The molecule has 0 bridgehead atoms. The number of carbonyl (C=O) groups is 2. The summed E-state index contributed by atoms with van der Waals surface area (Å²) in [5, 5.41) is 16.9. The number of rotatable bonds is 7. The molecule has 2 rings (SSSR count). The first-order chi connectivity index (χ1) is 11.8. The quantitative estimate of drug-likeness (QED) is 0.822. The number of nitrogens with zero attached hydrogens (tertiary/aromatic N) is 4. The first-order valence-corrected chi connectivity index (χ1v) is 7.94. The summed E-state index contributed by atoms with van der Waals surface area (Å²) < 4.78 is 6.70. The zero-order valence-electron chi connectivity index (χ0n) is 14.8. The monoisotopic (exact) mass is 346 g/mol. The second kappa shape index (κ2) is 7.78. The Kier molecular flexibility index (Phi) is 5.74. The van der Waals surface area contributed by atoms with E-state index in [1.165, 1.54) is 4.90 Å². The van der Waals surface area contributed by atoms with Crippen LogP contribution in [-0.2, 0) is 4.79 Å². The van der Waals surface area contributed by atoms with Crippen molar-refractivity contribution >= 4 is 11.9 Å². The molecule has 0 unspecified atom stereocenters. The normalized spacial score (nSPS) is 10.8. The van der Waals surface area contributed by atoms with Gasteiger partial charge in [0.15, 0.2) is 5.69 Å². The van der Waals surface area contributed by atoms with Crippen LogP contribution >= 0.6 is 0 Å². The zero-order valence-corrected chi connectivity index (χ0v) is 14.8. The van der Waals surface area contributed by atoms with Crippen LogP contribution in [0.5, 0.6) is 5.75 Å². The Bertz CT molecular complexity index is 753. The van der Waals surface area contributed by atoms with Crippen LogP contribution in [0.1, 0.15) is 36.5 Å². The van der Waals surface area contributed by atoms with E-state index < -0.39 is 5.97 Å². The molecule has 1 aromatic heterocycles. The topological polar surface area (TPSA) is 97.5 Å². The van der Waals surface area contributed by atoms with Gasteiger partial charge in [-0.25, -0.2) is 4.68 Å².